The van der Waals surface area contributed by atoms with Gasteiger partial charge in [0.25, 0.3) is 0 Å². The average molecular weight is 329 g/mol. The molecule has 1 N–H and O–H groups in total. The first-order valence-corrected chi connectivity index (χ1v) is 7.19. The highest BCUT2D eigenvalue weighted by atomic mass is 19.4. The van der Waals surface area contributed by atoms with Gasteiger partial charge in [-0.15, -0.1) is 0 Å². The first-order chi connectivity index (χ1) is 10.5. The van der Waals surface area contributed by atoms with Crippen molar-refractivity contribution in [3.8, 4) is 0 Å². The summed E-state index contributed by atoms with van der Waals surface area (Å²) in [7, 11) is 0. The fraction of sp³-hybridized carbons (Fsp3) is 0.500. The smallest absolute Gasteiger partial charge is 0.394 e. The lowest BCUT2D eigenvalue weighted by atomic mass is 9.86. The van der Waals surface area contributed by atoms with E-state index in [2.05, 4.69) is 0 Å². The zero-order valence-electron chi connectivity index (χ0n) is 12.9. The lowest BCUT2D eigenvalue weighted by Crippen LogP contribution is -2.50. The van der Waals surface area contributed by atoms with Gasteiger partial charge in [0.15, 0.2) is 0 Å². The van der Waals surface area contributed by atoms with Gasteiger partial charge >= 0.3 is 12.1 Å². The van der Waals surface area contributed by atoms with Gasteiger partial charge in [0.05, 0.1) is 5.41 Å². The maximum Gasteiger partial charge on any atom is 0.394 e. The number of carboxylic acid groups (broad SMARTS) is 1. The molecule has 1 aliphatic rings. The summed E-state index contributed by atoms with van der Waals surface area (Å²) >= 11 is 0. The molecule has 1 aromatic rings. The molecule has 2 rings (SSSR count). The first-order valence-electron chi connectivity index (χ1n) is 7.19. The van der Waals surface area contributed by atoms with E-state index >= 15 is 0 Å². The van der Waals surface area contributed by atoms with E-state index in [9.17, 15) is 27.9 Å². The molecule has 0 aromatic heterocycles. The number of hydrogen-bond acceptors (Lipinski definition) is 2. The first kappa shape index (κ1) is 17.3. The van der Waals surface area contributed by atoms with Crippen molar-refractivity contribution in [2.45, 2.75) is 45.5 Å². The van der Waals surface area contributed by atoms with Crippen molar-refractivity contribution in [2.75, 3.05) is 0 Å². The summed E-state index contributed by atoms with van der Waals surface area (Å²) in [5.74, 6) is -2.01. The molecule has 1 atom stereocenters. The average Bonchev–Trinajstić information content (AvgIpc) is 2.44. The summed E-state index contributed by atoms with van der Waals surface area (Å²) in [6, 6.07) is 5.90. The number of carboxylic acids is 1. The van der Waals surface area contributed by atoms with E-state index in [0.717, 1.165) is 29.9 Å². The third-order valence-electron chi connectivity index (χ3n) is 4.21. The molecular formula is C16H18F3NO3. The molecule has 0 aliphatic carbocycles. The second kappa shape index (κ2) is 5.86. The van der Waals surface area contributed by atoms with Crippen LogP contribution < -0.4 is 0 Å². The van der Waals surface area contributed by atoms with Crippen molar-refractivity contribution >= 4 is 11.9 Å². The van der Waals surface area contributed by atoms with Crippen LogP contribution in [0.15, 0.2) is 24.3 Å². The minimum atomic E-state index is -4.53. The van der Waals surface area contributed by atoms with Crippen molar-refractivity contribution in [1.29, 1.82) is 0 Å². The van der Waals surface area contributed by atoms with Crippen LogP contribution in [-0.4, -0.2) is 34.1 Å². The molecule has 0 radical (unpaired) electrons. The molecule has 1 heterocycles. The number of carbonyl (C=O) groups is 2. The molecule has 0 spiro atoms. The molecule has 1 aliphatic heterocycles. The van der Waals surface area contributed by atoms with Gasteiger partial charge in [-0.3, -0.25) is 4.79 Å². The minimum absolute atomic E-state index is 0.0138. The second-order valence-electron chi connectivity index (χ2n) is 6.41. The lowest BCUT2D eigenvalue weighted by molar-refractivity contribution is -0.215. The van der Waals surface area contributed by atoms with Crippen LogP contribution in [0.3, 0.4) is 0 Å². The number of hydrogen-bond donors (Lipinski definition) is 1. The summed E-state index contributed by atoms with van der Waals surface area (Å²) in [4.78, 5) is 24.8. The molecule has 0 saturated carbocycles. The Morgan fingerprint density at radius 3 is 2.30 bits per heavy atom. The van der Waals surface area contributed by atoms with Crippen LogP contribution in [0.25, 0.3) is 0 Å². The molecule has 7 heteroatoms. The Morgan fingerprint density at radius 2 is 1.78 bits per heavy atom. The fourth-order valence-corrected chi connectivity index (χ4v) is 2.59. The van der Waals surface area contributed by atoms with E-state index in [4.69, 9.17) is 0 Å². The molecule has 0 fully saturated rings. The highest BCUT2D eigenvalue weighted by Crippen LogP contribution is 2.41. The molecular weight excluding hydrogens is 311 g/mol. The lowest BCUT2D eigenvalue weighted by Gasteiger charge is -2.37. The fourth-order valence-electron chi connectivity index (χ4n) is 2.59. The van der Waals surface area contributed by atoms with Crippen LogP contribution in [0.2, 0.25) is 0 Å². The quantitative estimate of drug-likeness (QED) is 0.927. The zero-order chi connectivity index (χ0) is 17.4. The molecule has 126 valence electrons. The predicted molar refractivity (Wildman–Crippen MR) is 76.6 cm³/mol. The predicted octanol–water partition coefficient (Wildman–Crippen LogP) is 3.00. The SMILES string of the molecule is CC(C)(CC(=O)N1Cc2ccccc2CC1C(=O)O)C(F)(F)F. The monoisotopic (exact) mass is 329 g/mol. The summed E-state index contributed by atoms with van der Waals surface area (Å²) in [6.45, 7) is 1.90. The Hall–Kier alpha value is -2.05. The zero-order valence-corrected chi connectivity index (χ0v) is 12.9. The normalized spacial score (nSPS) is 18.5. The van der Waals surface area contributed by atoms with E-state index in [1.807, 2.05) is 0 Å². The molecule has 0 bridgehead atoms. The van der Waals surface area contributed by atoms with Crippen LogP contribution in [0.4, 0.5) is 13.2 Å². The largest absolute Gasteiger partial charge is 0.480 e. The van der Waals surface area contributed by atoms with Crippen molar-refractivity contribution in [3.05, 3.63) is 35.4 Å². The van der Waals surface area contributed by atoms with Gasteiger partial charge in [0, 0.05) is 19.4 Å². The number of halogens is 3. The number of nitrogens with zero attached hydrogens (tertiary/aromatic N) is 1. The minimum Gasteiger partial charge on any atom is -0.480 e. The topological polar surface area (TPSA) is 57.6 Å². The summed E-state index contributed by atoms with van der Waals surface area (Å²) in [6.07, 6.45) is -5.21. The molecule has 4 nitrogen and oxygen atoms in total. The molecule has 1 aromatic carbocycles. The van der Waals surface area contributed by atoms with E-state index in [0.29, 0.717) is 0 Å². The van der Waals surface area contributed by atoms with Crippen LogP contribution in [0, 0.1) is 5.41 Å². The maximum absolute atomic E-state index is 13.0. The molecule has 0 saturated heterocycles. The van der Waals surface area contributed by atoms with Crippen LogP contribution in [0.1, 0.15) is 31.4 Å². The molecule has 1 amide bonds. The Kier molecular flexibility index (Phi) is 4.41. The van der Waals surface area contributed by atoms with Gasteiger partial charge in [0.1, 0.15) is 6.04 Å². The summed E-state index contributed by atoms with van der Waals surface area (Å²) < 4.78 is 38.9. The van der Waals surface area contributed by atoms with Crippen molar-refractivity contribution < 1.29 is 27.9 Å². The Morgan fingerprint density at radius 1 is 1.22 bits per heavy atom. The number of amides is 1. The van der Waals surface area contributed by atoms with E-state index in [-0.39, 0.29) is 13.0 Å². The summed E-state index contributed by atoms with van der Waals surface area (Å²) in [5, 5.41) is 9.33. The van der Waals surface area contributed by atoms with Crippen molar-refractivity contribution in [3.63, 3.8) is 0 Å². The van der Waals surface area contributed by atoms with Gasteiger partial charge in [0.2, 0.25) is 5.91 Å². The van der Waals surface area contributed by atoms with Gasteiger partial charge in [-0.2, -0.15) is 13.2 Å². The Balaban J connectivity index is 2.26. The number of alkyl halides is 3. The highest BCUT2D eigenvalue weighted by molar-refractivity contribution is 5.85. The Labute approximate surface area is 131 Å². The number of carbonyl (C=O) groups excluding carboxylic acids is 1. The summed E-state index contributed by atoms with van der Waals surface area (Å²) in [5.41, 5.74) is -0.633. The number of aliphatic carboxylic acids is 1. The number of rotatable bonds is 3. The van der Waals surface area contributed by atoms with Gasteiger partial charge in [-0.1, -0.05) is 38.1 Å². The van der Waals surface area contributed by atoms with Gasteiger partial charge in [-0.05, 0) is 11.1 Å². The third kappa shape index (κ3) is 3.48. The third-order valence-corrected chi connectivity index (χ3v) is 4.21. The molecule has 23 heavy (non-hydrogen) atoms. The van der Waals surface area contributed by atoms with Crippen molar-refractivity contribution in [1.82, 2.24) is 4.90 Å². The molecule has 1 unspecified atom stereocenters. The van der Waals surface area contributed by atoms with E-state index < -0.39 is 35.9 Å². The number of fused-ring (bicyclic) bond motifs is 1. The van der Waals surface area contributed by atoms with E-state index in [1.54, 1.807) is 24.3 Å². The standard InChI is InChI=1S/C16H18F3NO3/c1-15(2,16(17,18)19)8-13(21)20-9-11-6-4-3-5-10(11)7-12(20)14(22)23/h3-6,12H,7-9H2,1-2H3,(H,22,23). The maximum atomic E-state index is 13.0. The van der Waals surface area contributed by atoms with Crippen LogP contribution >= 0.6 is 0 Å². The van der Waals surface area contributed by atoms with Crippen LogP contribution in [-0.2, 0) is 22.6 Å². The van der Waals surface area contributed by atoms with Crippen molar-refractivity contribution in [2.24, 2.45) is 5.41 Å². The van der Waals surface area contributed by atoms with E-state index in [1.165, 1.54) is 0 Å². The Bertz CT molecular complexity index is 625. The number of benzene rings is 1. The second-order valence-corrected chi connectivity index (χ2v) is 6.41. The highest BCUT2D eigenvalue weighted by Gasteiger charge is 2.49. The van der Waals surface area contributed by atoms with Gasteiger partial charge in [-0.25, -0.2) is 4.79 Å². The van der Waals surface area contributed by atoms with Gasteiger partial charge < -0.3 is 10.0 Å². The van der Waals surface area contributed by atoms with Crippen LogP contribution in [0.5, 0.6) is 0 Å².